The molecule has 0 radical (unpaired) electrons. The van der Waals surface area contributed by atoms with E-state index in [-0.39, 0.29) is 12.1 Å². The number of hydrogen-bond acceptors (Lipinski definition) is 5. The van der Waals surface area contributed by atoms with Crippen LogP contribution in [0.2, 0.25) is 0 Å². The quantitative estimate of drug-likeness (QED) is 0.614. The van der Waals surface area contributed by atoms with Gasteiger partial charge in [0.2, 0.25) is 0 Å². The van der Waals surface area contributed by atoms with Gasteiger partial charge in [0.05, 0.1) is 6.54 Å². The van der Waals surface area contributed by atoms with Crippen LogP contribution in [-0.2, 0) is 11.3 Å². The fraction of sp³-hybridized carbons (Fsp3) is 0.750. The number of carbonyl (C=O) groups is 1. The summed E-state index contributed by atoms with van der Waals surface area (Å²) >= 11 is 0. The Morgan fingerprint density at radius 1 is 1.36 bits per heavy atom. The third kappa shape index (κ3) is 5.87. The average molecular weight is 392 g/mol. The van der Waals surface area contributed by atoms with Gasteiger partial charge in [0, 0.05) is 38.8 Å². The smallest absolute Gasteiger partial charge is 0.410 e. The molecule has 0 unspecified atom stereocenters. The number of rotatable bonds is 5. The fourth-order valence-corrected chi connectivity index (χ4v) is 3.49. The number of likely N-dealkylation sites (tertiary alicyclic amines) is 1. The van der Waals surface area contributed by atoms with Gasteiger partial charge in [-0.1, -0.05) is 5.16 Å². The van der Waals surface area contributed by atoms with E-state index in [0.29, 0.717) is 12.5 Å². The van der Waals surface area contributed by atoms with E-state index in [1.807, 2.05) is 31.7 Å². The molecule has 8 nitrogen and oxygen atoms in total. The van der Waals surface area contributed by atoms with Crippen LogP contribution >= 0.6 is 0 Å². The Kier molecular flexibility index (Phi) is 6.46. The topological polar surface area (TPSA) is 83.2 Å². The number of nitrogens with zero attached hydrogens (tertiary/aromatic N) is 4. The van der Waals surface area contributed by atoms with Crippen molar-refractivity contribution in [2.45, 2.75) is 64.6 Å². The second-order valence-electron chi connectivity index (χ2n) is 8.69. The third-order valence-corrected chi connectivity index (χ3v) is 5.12. The maximum atomic E-state index is 12.8. The van der Waals surface area contributed by atoms with E-state index in [9.17, 15) is 4.79 Å². The van der Waals surface area contributed by atoms with E-state index in [0.717, 1.165) is 44.1 Å². The van der Waals surface area contributed by atoms with Gasteiger partial charge in [0.15, 0.2) is 5.96 Å². The molecule has 3 rings (SSSR count). The SMILES string of the molecule is CN=C(NCc1ccon1)N1CCC(N(CC2CC2)C(=O)OC(C)(C)C)CC1. The van der Waals surface area contributed by atoms with Crippen molar-refractivity contribution in [1.29, 1.82) is 0 Å². The molecule has 0 atom stereocenters. The summed E-state index contributed by atoms with van der Waals surface area (Å²) in [6.45, 7) is 8.88. The molecular weight excluding hydrogens is 358 g/mol. The molecule has 2 aliphatic rings. The molecule has 0 aromatic carbocycles. The number of piperidine rings is 1. The fourth-order valence-electron chi connectivity index (χ4n) is 3.49. The second kappa shape index (κ2) is 8.84. The van der Waals surface area contributed by atoms with Crippen LogP contribution in [0.25, 0.3) is 0 Å². The highest BCUT2D eigenvalue weighted by Gasteiger charge is 2.35. The van der Waals surface area contributed by atoms with Gasteiger partial charge in [0.25, 0.3) is 0 Å². The van der Waals surface area contributed by atoms with E-state index >= 15 is 0 Å². The molecule has 1 saturated heterocycles. The summed E-state index contributed by atoms with van der Waals surface area (Å²) < 4.78 is 10.5. The summed E-state index contributed by atoms with van der Waals surface area (Å²) in [5, 5.41) is 7.25. The van der Waals surface area contributed by atoms with Crippen molar-refractivity contribution in [1.82, 2.24) is 20.3 Å². The number of ether oxygens (including phenoxy) is 1. The predicted molar refractivity (Wildman–Crippen MR) is 107 cm³/mol. The van der Waals surface area contributed by atoms with Gasteiger partial charge < -0.3 is 24.4 Å². The highest BCUT2D eigenvalue weighted by molar-refractivity contribution is 5.80. The van der Waals surface area contributed by atoms with Crippen molar-refractivity contribution >= 4 is 12.1 Å². The Hall–Kier alpha value is -2.25. The number of guanidine groups is 1. The highest BCUT2D eigenvalue weighted by atomic mass is 16.6. The van der Waals surface area contributed by atoms with Crippen LogP contribution in [0.4, 0.5) is 4.79 Å². The van der Waals surface area contributed by atoms with Crippen molar-refractivity contribution in [2.24, 2.45) is 10.9 Å². The van der Waals surface area contributed by atoms with Gasteiger partial charge in [-0.25, -0.2) is 4.79 Å². The summed E-state index contributed by atoms with van der Waals surface area (Å²) in [5.41, 5.74) is 0.378. The summed E-state index contributed by atoms with van der Waals surface area (Å²) in [4.78, 5) is 21.4. The highest BCUT2D eigenvalue weighted by Crippen LogP contribution is 2.32. The first kappa shape index (κ1) is 20.5. The predicted octanol–water partition coefficient (Wildman–Crippen LogP) is 2.86. The molecule has 1 aromatic heterocycles. The van der Waals surface area contributed by atoms with E-state index in [4.69, 9.17) is 9.26 Å². The van der Waals surface area contributed by atoms with Crippen molar-refractivity contribution < 1.29 is 14.1 Å². The van der Waals surface area contributed by atoms with Crippen molar-refractivity contribution in [3.63, 3.8) is 0 Å². The van der Waals surface area contributed by atoms with Crippen LogP contribution in [-0.4, -0.2) is 65.3 Å². The van der Waals surface area contributed by atoms with Crippen LogP contribution in [0.5, 0.6) is 0 Å². The molecule has 1 aliphatic heterocycles. The lowest BCUT2D eigenvalue weighted by molar-refractivity contribution is 0.00928. The number of hydrogen-bond donors (Lipinski definition) is 1. The number of aliphatic imine (C=N–C) groups is 1. The standard InChI is InChI=1S/C20H33N5O3/c1-20(2,3)28-19(26)25(14-15-5-6-15)17-7-10-24(11-8-17)18(21-4)22-13-16-9-12-27-23-16/h9,12,15,17H,5-8,10-11,13-14H2,1-4H3,(H,21,22). The zero-order chi connectivity index (χ0) is 20.1. The van der Waals surface area contributed by atoms with Crippen molar-refractivity contribution in [3.8, 4) is 0 Å². The molecule has 1 aromatic rings. The first-order chi connectivity index (χ1) is 13.4. The van der Waals surface area contributed by atoms with Crippen molar-refractivity contribution in [3.05, 3.63) is 18.0 Å². The monoisotopic (exact) mass is 391 g/mol. The molecule has 1 saturated carbocycles. The molecule has 28 heavy (non-hydrogen) atoms. The summed E-state index contributed by atoms with van der Waals surface area (Å²) in [7, 11) is 1.79. The largest absolute Gasteiger partial charge is 0.444 e. The van der Waals surface area contributed by atoms with E-state index in [2.05, 4.69) is 20.4 Å². The Bertz CT molecular complexity index is 656. The van der Waals surface area contributed by atoms with Gasteiger partial charge in [-0.15, -0.1) is 0 Å². The average Bonchev–Trinajstić information content (AvgIpc) is 3.32. The maximum absolute atomic E-state index is 12.8. The van der Waals surface area contributed by atoms with Crippen LogP contribution in [0.1, 0.15) is 52.1 Å². The minimum atomic E-state index is -0.466. The van der Waals surface area contributed by atoms with Gasteiger partial charge in [-0.2, -0.15) is 0 Å². The lowest BCUT2D eigenvalue weighted by Crippen LogP contribution is -2.52. The molecule has 8 heteroatoms. The van der Waals surface area contributed by atoms with Gasteiger partial charge in [-0.3, -0.25) is 4.99 Å². The number of carbonyl (C=O) groups excluding carboxylic acids is 1. The summed E-state index contributed by atoms with van der Waals surface area (Å²) in [6.07, 6.45) is 5.66. The van der Waals surface area contributed by atoms with E-state index in [1.165, 1.54) is 12.8 Å². The molecule has 156 valence electrons. The Morgan fingerprint density at radius 2 is 2.07 bits per heavy atom. The number of aromatic nitrogens is 1. The zero-order valence-electron chi connectivity index (χ0n) is 17.5. The molecule has 1 N–H and O–H groups in total. The molecule has 0 spiro atoms. The number of amides is 1. The minimum absolute atomic E-state index is 0.175. The lowest BCUT2D eigenvalue weighted by Gasteiger charge is -2.40. The maximum Gasteiger partial charge on any atom is 0.410 e. The zero-order valence-corrected chi connectivity index (χ0v) is 17.5. The molecule has 0 bridgehead atoms. The molecule has 1 amide bonds. The van der Waals surface area contributed by atoms with Crippen LogP contribution in [0.15, 0.2) is 21.8 Å². The molecule has 2 fully saturated rings. The van der Waals surface area contributed by atoms with Crippen LogP contribution < -0.4 is 5.32 Å². The van der Waals surface area contributed by atoms with Gasteiger partial charge in [-0.05, 0) is 52.4 Å². The second-order valence-corrected chi connectivity index (χ2v) is 8.69. The first-order valence-corrected chi connectivity index (χ1v) is 10.2. The van der Waals surface area contributed by atoms with Crippen LogP contribution in [0.3, 0.4) is 0 Å². The van der Waals surface area contributed by atoms with Crippen LogP contribution in [0, 0.1) is 5.92 Å². The summed E-state index contributed by atoms with van der Waals surface area (Å²) in [6, 6.07) is 2.06. The normalized spacial score (nSPS) is 18.9. The van der Waals surface area contributed by atoms with Gasteiger partial charge in [0.1, 0.15) is 17.6 Å². The molecular formula is C20H33N5O3. The van der Waals surface area contributed by atoms with E-state index in [1.54, 1.807) is 13.3 Å². The third-order valence-electron chi connectivity index (χ3n) is 5.12. The van der Waals surface area contributed by atoms with Gasteiger partial charge >= 0.3 is 6.09 Å². The van der Waals surface area contributed by atoms with E-state index < -0.39 is 5.60 Å². The first-order valence-electron chi connectivity index (χ1n) is 10.2. The molecule has 1 aliphatic carbocycles. The number of nitrogens with one attached hydrogen (secondary N) is 1. The van der Waals surface area contributed by atoms with Crippen molar-refractivity contribution in [2.75, 3.05) is 26.7 Å². The molecule has 2 heterocycles. The minimum Gasteiger partial charge on any atom is -0.444 e. The Morgan fingerprint density at radius 3 is 2.61 bits per heavy atom. The Labute approximate surface area is 167 Å². The lowest BCUT2D eigenvalue weighted by atomic mass is 10.0. The Balaban J connectivity index is 1.54. The summed E-state index contributed by atoms with van der Waals surface area (Å²) in [5.74, 6) is 1.50.